The highest BCUT2D eigenvalue weighted by atomic mass is 127. The van der Waals surface area contributed by atoms with Gasteiger partial charge >= 0.3 is 0 Å². The van der Waals surface area contributed by atoms with Crippen molar-refractivity contribution in [2.45, 2.75) is 18.8 Å². The molecule has 0 atom stereocenters. The first-order valence-corrected chi connectivity index (χ1v) is 6.87. The molecule has 0 bridgehead atoms. The fourth-order valence-electron chi connectivity index (χ4n) is 2.56. The largest absolute Gasteiger partial charge is 0.335 e. The Hall–Kier alpha value is -0.690. The number of fused-ring (bicyclic) bond motifs is 1. The van der Waals surface area contributed by atoms with Gasteiger partial charge in [0.1, 0.15) is 11.5 Å². The lowest BCUT2D eigenvalue weighted by atomic mass is 9.89. The van der Waals surface area contributed by atoms with Crippen LogP contribution < -0.4 is 5.32 Å². The van der Waals surface area contributed by atoms with Crippen molar-refractivity contribution < 1.29 is 4.39 Å². The van der Waals surface area contributed by atoms with Crippen molar-refractivity contribution in [3.63, 3.8) is 0 Å². The molecule has 1 fully saturated rings. The molecule has 1 aliphatic heterocycles. The predicted molar refractivity (Wildman–Crippen MR) is 73.6 cm³/mol. The Balaban J connectivity index is 2.14. The summed E-state index contributed by atoms with van der Waals surface area (Å²) in [6.07, 6.45) is 3.34. The first kappa shape index (κ1) is 11.4. The van der Waals surface area contributed by atoms with Gasteiger partial charge in [0.05, 0.1) is 9.90 Å². The van der Waals surface area contributed by atoms with E-state index in [1.54, 1.807) is 0 Å². The maximum Gasteiger partial charge on any atom is 0.145 e. The Bertz CT molecular complexity index is 546. The van der Waals surface area contributed by atoms with Gasteiger partial charge in [0.25, 0.3) is 0 Å². The first-order valence-electron chi connectivity index (χ1n) is 5.79. The van der Waals surface area contributed by atoms with E-state index in [0.29, 0.717) is 5.92 Å². The highest BCUT2D eigenvalue weighted by molar-refractivity contribution is 14.1. The van der Waals surface area contributed by atoms with Crippen LogP contribution in [0.25, 0.3) is 11.0 Å². The Morgan fingerprint density at radius 3 is 2.88 bits per heavy atom. The summed E-state index contributed by atoms with van der Waals surface area (Å²) < 4.78 is 15.0. The number of aromatic amines is 1. The Morgan fingerprint density at radius 1 is 1.35 bits per heavy atom. The van der Waals surface area contributed by atoms with Gasteiger partial charge in [-0.05, 0) is 60.5 Å². The van der Waals surface area contributed by atoms with E-state index >= 15 is 0 Å². The number of hydrogen-bond donors (Lipinski definition) is 2. The Morgan fingerprint density at radius 2 is 2.12 bits per heavy atom. The SMILES string of the molecule is Fc1cnc2[nH]c(I)cc2c1C1CCNCC1. The maximum atomic E-state index is 14.0. The molecule has 3 rings (SSSR count). The van der Waals surface area contributed by atoms with E-state index in [4.69, 9.17) is 0 Å². The molecule has 17 heavy (non-hydrogen) atoms. The van der Waals surface area contributed by atoms with Gasteiger partial charge in [-0.25, -0.2) is 9.37 Å². The molecule has 90 valence electrons. The van der Waals surface area contributed by atoms with Gasteiger partial charge in [-0.3, -0.25) is 0 Å². The standard InChI is InChI=1S/C12H13FIN3/c13-9-6-16-12-8(5-10(14)17-12)11(9)7-1-3-15-4-2-7/h5-7,15H,1-4H2,(H,16,17). The van der Waals surface area contributed by atoms with Crippen molar-refractivity contribution in [1.82, 2.24) is 15.3 Å². The maximum absolute atomic E-state index is 14.0. The van der Waals surface area contributed by atoms with Gasteiger partial charge in [0, 0.05) is 10.9 Å². The van der Waals surface area contributed by atoms with Crippen LogP contribution >= 0.6 is 22.6 Å². The van der Waals surface area contributed by atoms with E-state index in [1.165, 1.54) is 6.20 Å². The number of halogens is 2. The zero-order chi connectivity index (χ0) is 11.8. The number of H-pyrrole nitrogens is 1. The van der Waals surface area contributed by atoms with Crippen LogP contribution in [0, 0.1) is 9.52 Å². The molecular weight excluding hydrogens is 332 g/mol. The van der Waals surface area contributed by atoms with E-state index < -0.39 is 0 Å². The summed E-state index contributed by atoms with van der Waals surface area (Å²) in [6, 6.07) is 1.99. The van der Waals surface area contributed by atoms with Crippen molar-refractivity contribution in [1.29, 1.82) is 0 Å². The second-order valence-electron chi connectivity index (χ2n) is 4.42. The highest BCUT2D eigenvalue weighted by Crippen LogP contribution is 2.33. The number of rotatable bonds is 1. The number of hydrogen-bond acceptors (Lipinski definition) is 2. The lowest BCUT2D eigenvalue weighted by molar-refractivity contribution is 0.447. The highest BCUT2D eigenvalue weighted by Gasteiger charge is 2.22. The van der Waals surface area contributed by atoms with Crippen LogP contribution in [-0.4, -0.2) is 23.1 Å². The average Bonchev–Trinajstić information content (AvgIpc) is 2.70. The van der Waals surface area contributed by atoms with Crippen LogP contribution in [0.5, 0.6) is 0 Å². The smallest absolute Gasteiger partial charge is 0.145 e. The van der Waals surface area contributed by atoms with E-state index in [9.17, 15) is 4.39 Å². The van der Waals surface area contributed by atoms with Crippen LogP contribution in [0.2, 0.25) is 0 Å². The fourth-order valence-corrected chi connectivity index (χ4v) is 3.13. The van der Waals surface area contributed by atoms with E-state index in [2.05, 4.69) is 37.9 Å². The first-order chi connectivity index (χ1) is 8.25. The third-order valence-corrected chi connectivity index (χ3v) is 3.95. The zero-order valence-corrected chi connectivity index (χ0v) is 11.4. The van der Waals surface area contributed by atoms with E-state index in [0.717, 1.165) is 46.2 Å². The van der Waals surface area contributed by atoms with Crippen LogP contribution in [-0.2, 0) is 0 Å². The Labute approximate surface area is 112 Å². The molecule has 3 nitrogen and oxygen atoms in total. The van der Waals surface area contributed by atoms with Crippen molar-refractivity contribution in [2.24, 2.45) is 0 Å². The van der Waals surface area contributed by atoms with E-state index in [-0.39, 0.29) is 5.82 Å². The third kappa shape index (κ3) is 2.06. The number of nitrogens with one attached hydrogen (secondary N) is 2. The fraction of sp³-hybridized carbons (Fsp3) is 0.417. The van der Waals surface area contributed by atoms with Crippen molar-refractivity contribution in [3.05, 3.63) is 27.3 Å². The monoisotopic (exact) mass is 345 g/mol. The lowest BCUT2D eigenvalue weighted by Crippen LogP contribution is -2.27. The molecule has 2 aromatic rings. The van der Waals surface area contributed by atoms with Gasteiger partial charge in [-0.1, -0.05) is 0 Å². The third-order valence-electron chi connectivity index (χ3n) is 3.37. The summed E-state index contributed by atoms with van der Waals surface area (Å²) in [5.41, 5.74) is 1.64. The molecule has 5 heteroatoms. The summed E-state index contributed by atoms with van der Waals surface area (Å²) in [7, 11) is 0. The molecule has 1 saturated heterocycles. The molecule has 0 aromatic carbocycles. The minimum absolute atomic E-state index is 0.167. The van der Waals surface area contributed by atoms with Crippen molar-refractivity contribution in [2.75, 3.05) is 13.1 Å². The molecule has 0 unspecified atom stereocenters. The minimum Gasteiger partial charge on any atom is -0.335 e. The van der Waals surface area contributed by atoms with Crippen LogP contribution in [0.3, 0.4) is 0 Å². The number of piperidine rings is 1. The van der Waals surface area contributed by atoms with Crippen LogP contribution in [0.1, 0.15) is 24.3 Å². The molecule has 2 aromatic heterocycles. The minimum atomic E-state index is -0.167. The average molecular weight is 345 g/mol. The van der Waals surface area contributed by atoms with E-state index in [1.807, 2.05) is 6.07 Å². The molecule has 0 radical (unpaired) electrons. The Kier molecular flexibility index (Phi) is 3.04. The lowest BCUT2D eigenvalue weighted by Gasteiger charge is -2.23. The number of nitrogens with zero attached hydrogens (tertiary/aromatic N) is 1. The number of pyridine rings is 1. The molecule has 1 aliphatic rings. The summed E-state index contributed by atoms with van der Waals surface area (Å²) in [6.45, 7) is 1.94. The summed E-state index contributed by atoms with van der Waals surface area (Å²) in [4.78, 5) is 7.26. The second kappa shape index (κ2) is 4.53. The second-order valence-corrected chi connectivity index (χ2v) is 5.59. The normalized spacial score (nSPS) is 17.8. The molecule has 2 N–H and O–H groups in total. The molecule has 3 heterocycles. The predicted octanol–water partition coefficient (Wildman–Crippen LogP) is 2.77. The van der Waals surface area contributed by atoms with Crippen molar-refractivity contribution in [3.8, 4) is 0 Å². The summed E-state index contributed by atoms with van der Waals surface area (Å²) in [5, 5.41) is 4.26. The van der Waals surface area contributed by atoms with Gasteiger partial charge in [-0.2, -0.15) is 0 Å². The van der Waals surface area contributed by atoms with Gasteiger partial charge in [0.2, 0.25) is 0 Å². The summed E-state index contributed by atoms with van der Waals surface area (Å²) >= 11 is 2.20. The zero-order valence-electron chi connectivity index (χ0n) is 9.26. The van der Waals surface area contributed by atoms with Gasteiger partial charge in [-0.15, -0.1) is 0 Å². The van der Waals surface area contributed by atoms with Crippen LogP contribution in [0.4, 0.5) is 4.39 Å². The molecule has 0 spiro atoms. The molecular formula is C12H13FIN3. The molecule has 0 saturated carbocycles. The molecule has 0 aliphatic carbocycles. The number of aromatic nitrogens is 2. The summed E-state index contributed by atoms with van der Waals surface area (Å²) in [5.74, 6) is 0.146. The molecule has 0 amide bonds. The van der Waals surface area contributed by atoms with Crippen molar-refractivity contribution >= 4 is 33.6 Å². The van der Waals surface area contributed by atoms with Crippen LogP contribution in [0.15, 0.2) is 12.3 Å². The topological polar surface area (TPSA) is 40.7 Å². The van der Waals surface area contributed by atoms with Gasteiger partial charge < -0.3 is 10.3 Å². The quantitative estimate of drug-likeness (QED) is 0.781. The van der Waals surface area contributed by atoms with Gasteiger partial charge in [0.15, 0.2) is 0 Å².